The van der Waals surface area contributed by atoms with Gasteiger partial charge in [-0.2, -0.15) is 0 Å². The first kappa shape index (κ1) is 20.1. The van der Waals surface area contributed by atoms with Crippen LogP contribution >= 0.6 is 7.92 Å². The summed E-state index contributed by atoms with van der Waals surface area (Å²) in [6.45, 7) is 8.82. The van der Waals surface area contributed by atoms with Crippen LogP contribution in [0.3, 0.4) is 0 Å². The zero-order valence-electron chi connectivity index (χ0n) is 18.4. The number of nitrogens with zero attached hydrogens (tertiary/aromatic N) is 1. The maximum Gasteiger partial charge on any atom is 0.0642 e. The molecule has 5 unspecified atom stereocenters. The van der Waals surface area contributed by atoms with E-state index in [0.717, 1.165) is 44.1 Å². The normalized spacial score (nSPS) is 36.0. The highest BCUT2D eigenvalue weighted by Crippen LogP contribution is 2.69. The van der Waals surface area contributed by atoms with Gasteiger partial charge in [0.1, 0.15) is 0 Å². The minimum absolute atomic E-state index is 0.255. The maximum absolute atomic E-state index is 5.68. The Balaban J connectivity index is 1.59. The molecule has 0 amide bonds. The van der Waals surface area contributed by atoms with Crippen LogP contribution in [0.1, 0.15) is 65.2 Å². The molecule has 1 saturated heterocycles. The molecule has 4 aliphatic rings. The molecule has 5 rings (SSSR count). The maximum atomic E-state index is 5.68. The van der Waals surface area contributed by atoms with E-state index in [1.807, 2.05) is 5.31 Å². The van der Waals surface area contributed by atoms with Gasteiger partial charge in [-0.1, -0.05) is 51.0 Å². The number of allylic oxidation sites excluding steroid dienone is 2. The Morgan fingerprint density at radius 3 is 2.69 bits per heavy atom. The number of anilines is 1. The lowest BCUT2D eigenvalue weighted by molar-refractivity contribution is 0.123. The predicted octanol–water partition coefficient (Wildman–Crippen LogP) is 6.30. The summed E-state index contributed by atoms with van der Waals surface area (Å²) in [6, 6.07) is 9.51. The number of hydrogen-bond donors (Lipinski definition) is 0. The Morgan fingerprint density at radius 1 is 1.07 bits per heavy atom. The molecule has 29 heavy (non-hydrogen) atoms. The van der Waals surface area contributed by atoms with Crippen LogP contribution < -0.4 is 10.2 Å². The average Bonchev–Trinajstić information content (AvgIpc) is 3.14. The Labute approximate surface area is 178 Å². The van der Waals surface area contributed by atoms with Crippen molar-refractivity contribution in [3.8, 4) is 0 Å². The second-order valence-corrected chi connectivity index (χ2v) is 13.1. The van der Waals surface area contributed by atoms with Gasteiger partial charge in [0, 0.05) is 24.1 Å². The van der Waals surface area contributed by atoms with Crippen LogP contribution in [0.4, 0.5) is 5.69 Å². The van der Waals surface area contributed by atoms with Crippen molar-refractivity contribution in [1.29, 1.82) is 0 Å². The van der Waals surface area contributed by atoms with E-state index in [0.29, 0.717) is 5.16 Å². The van der Waals surface area contributed by atoms with Gasteiger partial charge in [-0.25, -0.2) is 0 Å². The highest BCUT2D eigenvalue weighted by atomic mass is 31.1. The van der Waals surface area contributed by atoms with Crippen molar-refractivity contribution >= 4 is 18.9 Å². The monoisotopic (exact) mass is 411 g/mol. The van der Waals surface area contributed by atoms with Crippen LogP contribution in [0.2, 0.25) is 0 Å². The molecule has 3 fully saturated rings. The lowest BCUT2D eigenvalue weighted by Crippen LogP contribution is -2.44. The van der Waals surface area contributed by atoms with Crippen molar-refractivity contribution in [2.24, 2.45) is 17.8 Å². The fourth-order valence-corrected chi connectivity index (χ4v) is 11.1. The molecule has 0 spiro atoms. The predicted molar refractivity (Wildman–Crippen MR) is 126 cm³/mol. The standard InChI is InChI=1S/C26H38NOP/c1-20-9-10-23(17-20)29(26-11-5-6-22(19-26)16-21(2)18-26)25-8-4-3-7-24(25)27-12-14-28-15-13-27/h3-4,7-8,10,20-22H,5-6,9,11-19H2,1-2H3. The zero-order valence-corrected chi connectivity index (χ0v) is 19.3. The van der Waals surface area contributed by atoms with Gasteiger partial charge in [-0.15, -0.1) is 0 Å². The second kappa shape index (κ2) is 8.35. The van der Waals surface area contributed by atoms with Gasteiger partial charge in [0.05, 0.1) is 13.2 Å². The third-order valence-electron chi connectivity index (χ3n) is 7.94. The summed E-state index contributed by atoms with van der Waals surface area (Å²) in [4.78, 5) is 2.62. The quantitative estimate of drug-likeness (QED) is 0.539. The largest absolute Gasteiger partial charge is 0.378 e. The van der Waals surface area contributed by atoms with Crippen molar-refractivity contribution < 1.29 is 4.74 Å². The molecule has 1 aliphatic heterocycles. The van der Waals surface area contributed by atoms with E-state index in [4.69, 9.17) is 4.74 Å². The molecule has 158 valence electrons. The van der Waals surface area contributed by atoms with Crippen molar-refractivity contribution in [2.75, 3.05) is 31.2 Å². The van der Waals surface area contributed by atoms with Gasteiger partial charge in [0.15, 0.2) is 0 Å². The SMILES string of the molecule is CC1CC=C(P(c2ccccc2N2CCOCC2)C23CCCC(CC(C)C2)C3)C1. The molecular weight excluding hydrogens is 373 g/mol. The number of para-hydroxylation sites is 1. The molecule has 2 saturated carbocycles. The minimum atomic E-state index is -0.255. The topological polar surface area (TPSA) is 12.5 Å². The van der Waals surface area contributed by atoms with E-state index in [-0.39, 0.29) is 7.92 Å². The first-order valence-electron chi connectivity index (χ1n) is 12.1. The summed E-state index contributed by atoms with van der Waals surface area (Å²) in [5, 5.41) is 4.08. The molecule has 3 aliphatic carbocycles. The number of hydrogen-bond acceptors (Lipinski definition) is 2. The van der Waals surface area contributed by atoms with E-state index >= 15 is 0 Å². The number of morpholine rings is 1. The molecule has 2 bridgehead atoms. The van der Waals surface area contributed by atoms with Crippen LogP contribution in [-0.4, -0.2) is 31.5 Å². The van der Waals surface area contributed by atoms with Gasteiger partial charge in [0.2, 0.25) is 0 Å². The van der Waals surface area contributed by atoms with Gasteiger partial charge < -0.3 is 9.64 Å². The highest BCUT2D eigenvalue weighted by Gasteiger charge is 2.49. The van der Waals surface area contributed by atoms with E-state index in [1.54, 1.807) is 5.30 Å². The Morgan fingerprint density at radius 2 is 1.90 bits per heavy atom. The molecule has 0 N–H and O–H groups in total. The Bertz CT molecular complexity index is 751. The van der Waals surface area contributed by atoms with Crippen molar-refractivity contribution in [3.05, 3.63) is 35.7 Å². The average molecular weight is 412 g/mol. The summed E-state index contributed by atoms with van der Waals surface area (Å²) >= 11 is 0. The summed E-state index contributed by atoms with van der Waals surface area (Å²) in [5.41, 5.74) is 1.53. The van der Waals surface area contributed by atoms with Gasteiger partial charge in [-0.3, -0.25) is 0 Å². The molecule has 3 heteroatoms. The third kappa shape index (κ3) is 3.92. The molecule has 1 heterocycles. The van der Waals surface area contributed by atoms with E-state index in [9.17, 15) is 0 Å². The number of rotatable bonds is 4. The van der Waals surface area contributed by atoms with E-state index in [2.05, 4.69) is 49.1 Å². The molecular formula is C26H38NOP. The van der Waals surface area contributed by atoms with E-state index in [1.165, 1.54) is 57.1 Å². The Kier molecular flexibility index (Phi) is 5.78. The number of ether oxygens (including phenoxy) is 1. The van der Waals surface area contributed by atoms with Gasteiger partial charge >= 0.3 is 0 Å². The summed E-state index contributed by atoms with van der Waals surface area (Å²) in [7, 11) is -0.255. The number of fused-ring (bicyclic) bond motifs is 2. The molecule has 0 aromatic heterocycles. The van der Waals surface area contributed by atoms with Gasteiger partial charge in [-0.05, 0) is 80.7 Å². The van der Waals surface area contributed by atoms with E-state index < -0.39 is 0 Å². The molecule has 0 radical (unpaired) electrons. The molecule has 2 nitrogen and oxygen atoms in total. The first-order valence-corrected chi connectivity index (χ1v) is 13.4. The fourth-order valence-electron chi connectivity index (χ4n) is 6.93. The zero-order chi connectivity index (χ0) is 19.8. The first-order chi connectivity index (χ1) is 14.1. The van der Waals surface area contributed by atoms with Crippen molar-refractivity contribution in [3.63, 3.8) is 0 Å². The summed E-state index contributed by atoms with van der Waals surface area (Å²) in [5.74, 6) is 2.71. The minimum Gasteiger partial charge on any atom is -0.378 e. The van der Waals surface area contributed by atoms with Crippen LogP contribution in [0, 0.1) is 17.8 Å². The van der Waals surface area contributed by atoms with Crippen LogP contribution in [-0.2, 0) is 4.74 Å². The Hall–Kier alpha value is -0.850. The van der Waals surface area contributed by atoms with Crippen LogP contribution in [0.15, 0.2) is 35.7 Å². The van der Waals surface area contributed by atoms with Crippen LogP contribution in [0.25, 0.3) is 0 Å². The van der Waals surface area contributed by atoms with Gasteiger partial charge in [0.25, 0.3) is 0 Å². The lowest BCUT2D eigenvalue weighted by Gasteiger charge is -2.53. The highest BCUT2D eigenvalue weighted by molar-refractivity contribution is 7.71. The fraction of sp³-hybridized carbons (Fsp3) is 0.692. The second-order valence-electron chi connectivity index (χ2n) is 10.4. The van der Waals surface area contributed by atoms with Crippen molar-refractivity contribution in [2.45, 2.75) is 70.4 Å². The lowest BCUT2D eigenvalue weighted by atomic mass is 9.68. The van der Waals surface area contributed by atoms with Crippen LogP contribution in [0.5, 0.6) is 0 Å². The van der Waals surface area contributed by atoms with Crippen molar-refractivity contribution in [1.82, 2.24) is 0 Å². The third-order valence-corrected chi connectivity index (χ3v) is 11.3. The molecule has 1 aromatic carbocycles. The smallest absolute Gasteiger partial charge is 0.0642 e. The summed E-state index contributed by atoms with van der Waals surface area (Å²) in [6.07, 6.45) is 14.1. The number of benzene rings is 1. The summed E-state index contributed by atoms with van der Waals surface area (Å²) < 4.78 is 5.68. The molecule has 1 aromatic rings. The molecule has 5 atom stereocenters.